The number of hydrogen-bond donors (Lipinski definition) is 2. The van der Waals surface area contributed by atoms with Gasteiger partial charge in [-0.1, -0.05) is 0 Å². The molecule has 0 spiro atoms. The Morgan fingerprint density at radius 1 is 1.50 bits per heavy atom. The molecule has 0 heterocycles. The van der Waals surface area contributed by atoms with Gasteiger partial charge in [-0.05, 0) is 12.5 Å². The summed E-state index contributed by atoms with van der Waals surface area (Å²) in [5.74, 6) is 0. The molecular formula is C5H7F3N2. The van der Waals surface area contributed by atoms with E-state index in [9.17, 15) is 13.2 Å². The summed E-state index contributed by atoms with van der Waals surface area (Å²) < 4.78 is 34.8. The Morgan fingerprint density at radius 3 is 2.00 bits per heavy atom. The molecule has 0 bridgehead atoms. The van der Waals surface area contributed by atoms with E-state index in [-0.39, 0.29) is 5.57 Å². The monoisotopic (exact) mass is 152 g/mol. The first-order valence-corrected chi connectivity index (χ1v) is 2.43. The number of rotatable bonds is 1. The van der Waals surface area contributed by atoms with Crippen LogP contribution in [-0.2, 0) is 0 Å². The molecule has 0 unspecified atom stereocenters. The average molecular weight is 152 g/mol. The lowest BCUT2D eigenvalue weighted by molar-refractivity contribution is -0.0931. The number of nitrogens with one attached hydrogen (secondary N) is 1. The van der Waals surface area contributed by atoms with Crippen LogP contribution in [0.15, 0.2) is 11.3 Å². The summed E-state index contributed by atoms with van der Waals surface area (Å²) in [4.78, 5) is 0. The van der Waals surface area contributed by atoms with Crippen molar-refractivity contribution in [1.82, 2.24) is 0 Å². The molecule has 0 amide bonds. The fourth-order valence-corrected chi connectivity index (χ4v) is 0.301. The van der Waals surface area contributed by atoms with Crippen molar-refractivity contribution in [1.29, 1.82) is 5.41 Å². The maximum absolute atomic E-state index is 11.6. The van der Waals surface area contributed by atoms with E-state index in [0.29, 0.717) is 6.21 Å². The van der Waals surface area contributed by atoms with Crippen LogP contribution in [0.25, 0.3) is 0 Å². The van der Waals surface area contributed by atoms with E-state index in [4.69, 9.17) is 5.41 Å². The highest BCUT2D eigenvalue weighted by Gasteiger charge is 2.32. The maximum Gasteiger partial charge on any atom is 0.431 e. The molecule has 0 aliphatic heterocycles. The van der Waals surface area contributed by atoms with Gasteiger partial charge in [-0.15, -0.1) is 0 Å². The van der Waals surface area contributed by atoms with E-state index in [1.807, 2.05) is 0 Å². The van der Waals surface area contributed by atoms with E-state index < -0.39 is 11.9 Å². The lowest BCUT2D eigenvalue weighted by Crippen LogP contribution is -2.21. The normalized spacial score (nSPS) is 14.4. The molecule has 0 aromatic carbocycles. The Bertz CT molecular complexity index is 168. The number of allylic oxidation sites excluding steroid dienone is 2. The van der Waals surface area contributed by atoms with Gasteiger partial charge in [0.25, 0.3) is 0 Å². The van der Waals surface area contributed by atoms with E-state index in [2.05, 4.69) is 5.73 Å². The van der Waals surface area contributed by atoms with Crippen molar-refractivity contribution in [3.63, 3.8) is 0 Å². The molecule has 3 N–H and O–H groups in total. The Kier molecular flexibility index (Phi) is 2.45. The van der Waals surface area contributed by atoms with E-state index in [1.165, 1.54) is 0 Å². The van der Waals surface area contributed by atoms with Crippen LogP contribution in [0, 0.1) is 5.41 Å². The summed E-state index contributed by atoms with van der Waals surface area (Å²) >= 11 is 0. The van der Waals surface area contributed by atoms with Gasteiger partial charge in [-0.2, -0.15) is 13.2 Å². The highest BCUT2D eigenvalue weighted by atomic mass is 19.4. The second kappa shape index (κ2) is 2.72. The van der Waals surface area contributed by atoms with Gasteiger partial charge >= 0.3 is 6.18 Å². The van der Waals surface area contributed by atoms with Gasteiger partial charge in [-0.3, -0.25) is 0 Å². The van der Waals surface area contributed by atoms with Gasteiger partial charge in [-0.25, -0.2) is 0 Å². The van der Waals surface area contributed by atoms with Crippen LogP contribution in [0.2, 0.25) is 0 Å². The molecule has 5 heteroatoms. The summed E-state index contributed by atoms with van der Waals surface area (Å²) in [6.07, 6.45) is -3.94. The van der Waals surface area contributed by atoms with E-state index in [0.717, 1.165) is 6.92 Å². The zero-order chi connectivity index (χ0) is 8.36. The van der Waals surface area contributed by atoms with Crippen molar-refractivity contribution in [2.45, 2.75) is 13.1 Å². The van der Waals surface area contributed by atoms with Gasteiger partial charge in [0.05, 0.1) is 0 Å². The highest BCUT2D eigenvalue weighted by molar-refractivity contribution is 5.76. The lowest BCUT2D eigenvalue weighted by atomic mass is 10.2. The molecule has 0 aliphatic rings. The van der Waals surface area contributed by atoms with Crippen LogP contribution >= 0.6 is 0 Å². The van der Waals surface area contributed by atoms with Gasteiger partial charge < -0.3 is 11.1 Å². The van der Waals surface area contributed by atoms with Crippen molar-refractivity contribution in [2.75, 3.05) is 0 Å². The van der Waals surface area contributed by atoms with Gasteiger partial charge in [0, 0.05) is 6.21 Å². The van der Waals surface area contributed by atoms with Crippen LogP contribution in [-0.4, -0.2) is 12.4 Å². The van der Waals surface area contributed by atoms with Crippen LogP contribution < -0.4 is 5.73 Å². The van der Waals surface area contributed by atoms with Crippen LogP contribution in [0.3, 0.4) is 0 Å². The van der Waals surface area contributed by atoms with Crippen LogP contribution in [0.4, 0.5) is 13.2 Å². The third kappa shape index (κ3) is 2.08. The fourth-order valence-electron chi connectivity index (χ4n) is 0.301. The summed E-state index contributed by atoms with van der Waals surface area (Å²) in [5.41, 5.74) is 3.13. The Morgan fingerprint density at radius 2 is 1.90 bits per heavy atom. The quantitative estimate of drug-likeness (QED) is 0.548. The molecule has 0 saturated heterocycles. The molecule has 0 aromatic heterocycles. The van der Waals surface area contributed by atoms with Crippen molar-refractivity contribution in [3.05, 3.63) is 11.3 Å². The van der Waals surface area contributed by atoms with Crippen LogP contribution in [0.5, 0.6) is 0 Å². The minimum atomic E-state index is -4.51. The van der Waals surface area contributed by atoms with Crippen molar-refractivity contribution >= 4 is 6.21 Å². The van der Waals surface area contributed by atoms with Crippen molar-refractivity contribution < 1.29 is 13.2 Å². The zero-order valence-electron chi connectivity index (χ0n) is 5.29. The molecule has 0 atom stereocenters. The summed E-state index contributed by atoms with van der Waals surface area (Å²) in [6.45, 7) is 1.13. The van der Waals surface area contributed by atoms with Gasteiger partial charge in [0.15, 0.2) is 0 Å². The van der Waals surface area contributed by atoms with Gasteiger partial charge in [0.2, 0.25) is 0 Å². The van der Waals surface area contributed by atoms with E-state index in [1.54, 1.807) is 0 Å². The molecule has 0 rings (SSSR count). The molecule has 0 aromatic rings. The smallest absolute Gasteiger partial charge is 0.394 e. The first kappa shape index (κ1) is 9.00. The first-order chi connectivity index (χ1) is 4.39. The molecule has 0 fully saturated rings. The Hall–Kier alpha value is -1.00. The highest BCUT2D eigenvalue weighted by Crippen LogP contribution is 2.22. The molecule has 10 heavy (non-hydrogen) atoms. The standard InChI is InChI=1S/C5H7F3N2/c1-3(2-9)4(10)5(6,7)8/h2,9H,10H2,1H3/b4-3-,9-2?. The molecule has 0 saturated carbocycles. The second-order valence-corrected chi connectivity index (χ2v) is 1.74. The zero-order valence-corrected chi connectivity index (χ0v) is 5.29. The van der Waals surface area contributed by atoms with Crippen LogP contribution in [0.1, 0.15) is 6.92 Å². The minimum absolute atomic E-state index is 0.271. The number of halogens is 3. The fraction of sp³-hybridized carbons (Fsp3) is 0.400. The lowest BCUT2D eigenvalue weighted by Gasteiger charge is -2.06. The summed E-state index contributed by atoms with van der Waals surface area (Å²) in [5, 5.41) is 6.46. The number of alkyl halides is 3. The Balaban J connectivity index is 4.63. The molecule has 0 radical (unpaired) electrons. The Labute approximate surface area is 56.0 Å². The third-order valence-electron chi connectivity index (χ3n) is 0.947. The largest absolute Gasteiger partial charge is 0.431 e. The summed E-state index contributed by atoms with van der Waals surface area (Å²) in [7, 11) is 0. The average Bonchev–Trinajstić information content (AvgIpc) is 1.83. The van der Waals surface area contributed by atoms with Gasteiger partial charge in [0.1, 0.15) is 5.70 Å². The maximum atomic E-state index is 11.6. The second-order valence-electron chi connectivity index (χ2n) is 1.74. The topological polar surface area (TPSA) is 49.9 Å². The predicted molar refractivity (Wildman–Crippen MR) is 31.7 cm³/mol. The van der Waals surface area contributed by atoms with E-state index >= 15 is 0 Å². The van der Waals surface area contributed by atoms with Crippen molar-refractivity contribution in [3.8, 4) is 0 Å². The molecule has 0 aliphatic carbocycles. The molecule has 2 nitrogen and oxygen atoms in total. The summed E-state index contributed by atoms with van der Waals surface area (Å²) in [6, 6.07) is 0. The third-order valence-corrected chi connectivity index (χ3v) is 0.947. The first-order valence-electron chi connectivity index (χ1n) is 2.43. The number of hydrogen-bond acceptors (Lipinski definition) is 2. The SMILES string of the molecule is C/C(C=N)=C(/N)C(F)(F)F. The van der Waals surface area contributed by atoms with Crippen molar-refractivity contribution in [2.24, 2.45) is 5.73 Å². The molecule has 58 valence electrons. The predicted octanol–water partition coefficient (Wildman–Crippen LogP) is 1.43. The minimum Gasteiger partial charge on any atom is -0.394 e. The molecular weight excluding hydrogens is 145 g/mol. The number of nitrogens with two attached hydrogens (primary N) is 1.